The molecule has 1 aliphatic heterocycles. The Morgan fingerprint density at radius 2 is 1.88 bits per heavy atom. The van der Waals surface area contributed by atoms with E-state index in [9.17, 15) is 19.2 Å². The largest absolute Gasteiger partial charge is 0.368 e. The second-order valence-electron chi connectivity index (χ2n) is 3.47. The first-order valence-electron chi connectivity index (χ1n) is 5.03. The highest BCUT2D eigenvalue weighted by Crippen LogP contribution is 2.11. The van der Waals surface area contributed by atoms with Crippen LogP contribution in [0.1, 0.15) is 19.3 Å². The number of imide groups is 1. The first kappa shape index (κ1) is 13.1. The van der Waals surface area contributed by atoms with Crippen molar-refractivity contribution in [1.29, 1.82) is 0 Å². The van der Waals surface area contributed by atoms with Crippen molar-refractivity contribution in [2.45, 2.75) is 19.3 Å². The van der Waals surface area contributed by atoms with Crippen LogP contribution in [0.5, 0.6) is 0 Å². The van der Waals surface area contributed by atoms with Crippen molar-refractivity contribution in [1.82, 2.24) is 10.4 Å². The van der Waals surface area contributed by atoms with Gasteiger partial charge in [-0.1, -0.05) is 0 Å². The monoisotopic (exact) mass is 243 g/mol. The highest BCUT2D eigenvalue weighted by Gasteiger charge is 2.28. The van der Waals surface area contributed by atoms with Crippen LogP contribution in [0.25, 0.3) is 0 Å². The smallest absolute Gasteiger partial charge is 0.246 e. The van der Waals surface area contributed by atoms with Crippen molar-refractivity contribution < 1.29 is 24.0 Å². The van der Waals surface area contributed by atoms with E-state index < -0.39 is 18.4 Å². The Morgan fingerprint density at radius 1 is 1.29 bits per heavy atom. The molecule has 1 rings (SSSR count). The molecule has 0 radical (unpaired) electrons. The van der Waals surface area contributed by atoms with Gasteiger partial charge < -0.3 is 5.73 Å². The molecule has 0 atom stereocenters. The van der Waals surface area contributed by atoms with Crippen molar-refractivity contribution in [3.8, 4) is 0 Å². The van der Waals surface area contributed by atoms with E-state index >= 15 is 0 Å². The van der Waals surface area contributed by atoms with Gasteiger partial charge in [0, 0.05) is 25.8 Å². The molecule has 1 aliphatic rings. The Bertz CT molecular complexity index is 339. The molecule has 17 heavy (non-hydrogen) atoms. The Balaban J connectivity index is 2.21. The molecule has 1 fully saturated rings. The number of carbonyl (C=O) groups is 4. The molecule has 0 bridgehead atoms. The summed E-state index contributed by atoms with van der Waals surface area (Å²) < 4.78 is 0. The number of likely N-dealkylation sites (tertiary alicyclic amines) is 1. The van der Waals surface area contributed by atoms with Gasteiger partial charge >= 0.3 is 0 Å². The molecule has 94 valence electrons. The van der Waals surface area contributed by atoms with Crippen LogP contribution in [0.4, 0.5) is 0 Å². The van der Waals surface area contributed by atoms with E-state index in [0.717, 1.165) is 4.90 Å². The minimum Gasteiger partial charge on any atom is -0.368 e. The minimum absolute atomic E-state index is 0.0173. The molecule has 8 nitrogen and oxygen atoms in total. The number of hydrogen-bond donors (Lipinski definition) is 2. The maximum atomic E-state index is 11.2. The van der Waals surface area contributed by atoms with Crippen LogP contribution in [0.3, 0.4) is 0 Å². The fraction of sp³-hybridized carbons (Fsp3) is 0.556. The van der Waals surface area contributed by atoms with E-state index in [0.29, 0.717) is 0 Å². The fourth-order valence-corrected chi connectivity index (χ4v) is 1.32. The summed E-state index contributed by atoms with van der Waals surface area (Å²) in [5.41, 5.74) is 6.75. The molecule has 0 unspecified atom stereocenters. The van der Waals surface area contributed by atoms with E-state index in [-0.39, 0.29) is 37.6 Å². The van der Waals surface area contributed by atoms with Gasteiger partial charge in [-0.15, -0.1) is 0 Å². The third-order valence-electron chi connectivity index (χ3n) is 2.12. The van der Waals surface area contributed by atoms with Crippen LogP contribution in [0, 0.1) is 0 Å². The number of nitrogens with zero attached hydrogens (tertiary/aromatic N) is 1. The van der Waals surface area contributed by atoms with E-state index in [2.05, 4.69) is 4.84 Å². The van der Waals surface area contributed by atoms with Crippen molar-refractivity contribution in [3.63, 3.8) is 0 Å². The van der Waals surface area contributed by atoms with Gasteiger partial charge in [0.25, 0.3) is 0 Å². The van der Waals surface area contributed by atoms with Crippen LogP contribution in [0.2, 0.25) is 0 Å². The predicted molar refractivity (Wildman–Crippen MR) is 53.9 cm³/mol. The van der Waals surface area contributed by atoms with E-state index in [1.807, 2.05) is 5.48 Å². The zero-order chi connectivity index (χ0) is 12.8. The first-order chi connectivity index (χ1) is 8.00. The van der Waals surface area contributed by atoms with E-state index in [4.69, 9.17) is 5.73 Å². The Morgan fingerprint density at radius 3 is 2.41 bits per heavy atom. The summed E-state index contributed by atoms with van der Waals surface area (Å²) in [5.74, 6) is -1.80. The van der Waals surface area contributed by atoms with Gasteiger partial charge in [0.1, 0.15) is 0 Å². The van der Waals surface area contributed by atoms with Gasteiger partial charge in [0.15, 0.2) is 6.61 Å². The lowest BCUT2D eigenvalue weighted by atomic mass is 10.4. The van der Waals surface area contributed by atoms with Crippen molar-refractivity contribution in [3.05, 3.63) is 0 Å². The normalized spacial score (nSPS) is 15.2. The van der Waals surface area contributed by atoms with Crippen LogP contribution in [0.15, 0.2) is 0 Å². The lowest BCUT2D eigenvalue weighted by molar-refractivity contribution is -0.140. The third kappa shape index (κ3) is 4.19. The molecule has 8 heteroatoms. The van der Waals surface area contributed by atoms with Gasteiger partial charge in [-0.3, -0.25) is 28.9 Å². The maximum Gasteiger partial charge on any atom is 0.246 e. The van der Waals surface area contributed by atoms with E-state index in [1.54, 1.807) is 0 Å². The SMILES string of the molecule is NC(=O)CONC(=O)CCN1C(=O)CCC1=O. The Labute approximate surface area is 97.0 Å². The molecule has 3 N–H and O–H groups in total. The fourth-order valence-electron chi connectivity index (χ4n) is 1.32. The second kappa shape index (κ2) is 5.94. The summed E-state index contributed by atoms with van der Waals surface area (Å²) in [6.07, 6.45) is 0.313. The Kier molecular flexibility index (Phi) is 4.58. The van der Waals surface area contributed by atoms with Crippen molar-refractivity contribution in [2.75, 3.05) is 13.2 Å². The number of hydrogen-bond acceptors (Lipinski definition) is 5. The van der Waals surface area contributed by atoms with Crippen LogP contribution < -0.4 is 11.2 Å². The summed E-state index contributed by atoms with van der Waals surface area (Å²) in [6.45, 7) is -0.406. The standard InChI is InChI=1S/C9H13N3O5/c10-6(13)5-17-11-7(14)3-4-12-8(15)1-2-9(12)16/h1-5H2,(H2,10,13)(H,11,14). The summed E-state index contributed by atoms with van der Waals surface area (Å²) in [5, 5.41) is 0. The molecule has 0 aliphatic carbocycles. The lowest BCUT2D eigenvalue weighted by Crippen LogP contribution is -2.35. The highest BCUT2D eigenvalue weighted by molar-refractivity contribution is 6.02. The summed E-state index contributed by atoms with van der Waals surface area (Å²) >= 11 is 0. The molecule has 0 aromatic carbocycles. The van der Waals surface area contributed by atoms with Gasteiger partial charge in [-0.2, -0.15) is 0 Å². The van der Waals surface area contributed by atoms with E-state index in [1.165, 1.54) is 0 Å². The molecule has 0 aromatic heterocycles. The highest BCUT2D eigenvalue weighted by atomic mass is 16.7. The van der Waals surface area contributed by atoms with Crippen molar-refractivity contribution >= 4 is 23.6 Å². The quantitative estimate of drug-likeness (QED) is 0.415. The lowest BCUT2D eigenvalue weighted by Gasteiger charge is -2.12. The van der Waals surface area contributed by atoms with Crippen LogP contribution in [-0.2, 0) is 24.0 Å². The molecular formula is C9H13N3O5. The number of nitrogens with two attached hydrogens (primary N) is 1. The van der Waals surface area contributed by atoms with Crippen LogP contribution >= 0.6 is 0 Å². The minimum atomic E-state index is -0.713. The number of hydroxylamine groups is 1. The topological polar surface area (TPSA) is 119 Å². The summed E-state index contributed by atoms with van der Waals surface area (Å²) in [6, 6.07) is 0. The Hall–Kier alpha value is -1.96. The van der Waals surface area contributed by atoms with Gasteiger partial charge in [0.2, 0.25) is 23.6 Å². The third-order valence-corrected chi connectivity index (χ3v) is 2.12. The molecule has 0 spiro atoms. The number of rotatable bonds is 6. The van der Waals surface area contributed by atoms with Gasteiger partial charge in [-0.25, -0.2) is 5.48 Å². The summed E-state index contributed by atoms with van der Waals surface area (Å²) in [4.78, 5) is 49.3. The number of carbonyl (C=O) groups excluding carboxylic acids is 4. The molecule has 0 saturated carbocycles. The number of primary amides is 1. The molecule has 1 saturated heterocycles. The van der Waals surface area contributed by atoms with Gasteiger partial charge in [-0.05, 0) is 0 Å². The first-order valence-corrected chi connectivity index (χ1v) is 5.03. The van der Waals surface area contributed by atoms with Crippen LogP contribution in [-0.4, -0.2) is 41.7 Å². The number of nitrogens with one attached hydrogen (secondary N) is 1. The molecule has 1 heterocycles. The average Bonchev–Trinajstić information content (AvgIpc) is 2.55. The molecular weight excluding hydrogens is 230 g/mol. The predicted octanol–water partition coefficient (Wildman–Crippen LogP) is -1.94. The average molecular weight is 243 g/mol. The zero-order valence-corrected chi connectivity index (χ0v) is 9.10. The zero-order valence-electron chi connectivity index (χ0n) is 9.10. The maximum absolute atomic E-state index is 11.2. The number of amides is 4. The molecule has 4 amide bonds. The van der Waals surface area contributed by atoms with Crippen molar-refractivity contribution in [2.24, 2.45) is 5.73 Å². The van der Waals surface area contributed by atoms with Gasteiger partial charge in [0.05, 0.1) is 0 Å². The molecule has 0 aromatic rings. The summed E-state index contributed by atoms with van der Waals surface area (Å²) in [7, 11) is 0. The second-order valence-corrected chi connectivity index (χ2v) is 3.47.